The van der Waals surface area contributed by atoms with E-state index >= 15 is 0 Å². The van der Waals surface area contributed by atoms with E-state index in [1.165, 1.54) is 25.2 Å². The molecule has 8 nitrogen and oxygen atoms in total. The second kappa shape index (κ2) is 12.0. The van der Waals surface area contributed by atoms with Gasteiger partial charge in [0.2, 0.25) is 0 Å². The van der Waals surface area contributed by atoms with E-state index in [4.69, 9.17) is 24.7 Å². The third-order valence-corrected chi connectivity index (χ3v) is 3.82. The maximum Gasteiger partial charge on any atom is 0.338 e. The van der Waals surface area contributed by atoms with Crippen LogP contribution in [0.2, 0.25) is 0 Å². The number of nitriles is 2. The van der Waals surface area contributed by atoms with E-state index in [0.29, 0.717) is 23.5 Å². The number of benzene rings is 1. The Balaban J connectivity index is 2.90. The van der Waals surface area contributed by atoms with Crippen LogP contribution in [-0.4, -0.2) is 50.7 Å². The standard InChI is InChI=1S/C20H23N3O5/c1-4-7-15-12-16(13-17(26-2)19(15)27-3)20(25)28-14-18(24)23(10-5-8-21)11-6-9-22/h4,12-13H,1,5-7,10-11,14H2,2-3H3. The lowest BCUT2D eigenvalue weighted by atomic mass is 10.1. The summed E-state index contributed by atoms with van der Waals surface area (Å²) in [6.07, 6.45) is 2.38. The normalized spacial score (nSPS) is 9.57. The summed E-state index contributed by atoms with van der Waals surface area (Å²) in [7, 11) is 2.95. The number of esters is 1. The molecule has 1 aromatic carbocycles. The molecule has 0 radical (unpaired) electrons. The molecule has 0 N–H and O–H groups in total. The predicted octanol–water partition coefficient (Wildman–Crippen LogP) is 2.25. The van der Waals surface area contributed by atoms with Gasteiger partial charge in [-0.05, 0) is 18.6 Å². The van der Waals surface area contributed by atoms with Crippen LogP contribution in [0.4, 0.5) is 0 Å². The molecule has 0 unspecified atom stereocenters. The Bertz CT molecular complexity index is 774. The highest BCUT2D eigenvalue weighted by atomic mass is 16.5. The third kappa shape index (κ3) is 6.33. The quantitative estimate of drug-likeness (QED) is 0.424. The van der Waals surface area contributed by atoms with E-state index in [0.717, 1.165) is 0 Å². The van der Waals surface area contributed by atoms with Crippen molar-refractivity contribution in [2.45, 2.75) is 19.3 Å². The summed E-state index contributed by atoms with van der Waals surface area (Å²) >= 11 is 0. The number of hydrogen-bond acceptors (Lipinski definition) is 7. The molecular weight excluding hydrogens is 362 g/mol. The first kappa shape index (κ1) is 22.5. The maximum absolute atomic E-state index is 12.4. The number of nitrogens with zero attached hydrogens (tertiary/aromatic N) is 3. The Morgan fingerprint density at radius 1 is 1.14 bits per heavy atom. The smallest absolute Gasteiger partial charge is 0.338 e. The molecule has 0 fully saturated rings. The summed E-state index contributed by atoms with van der Waals surface area (Å²) < 4.78 is 15.7. The number of methoxy groups -OCH3 is 2. The average Bonchev–Trinajstić information content (AvgIpc) is 2.71. The van der Waals surface area contributed by atoms with Gasteiger partial charge in [0.25, 0.3) is 5.91 Å². The highest BCUT2D eigenvalue weighted by Gasteiger charge is 2.19. The van der Waals surface area contributed by atoms with Crippen LogP contribution in [0, 0.1) is 22.7 Å². The van der Waals surface area contributed by atoms with Gasteiger partial charge in [-0.25, -0.2) is 4.79 Å². The van der Waals surface area contributed by atoms with Crippen molar-refractivity contribution in [3.63, 3.8) is 0 Å². The molecule has 1 aromatic rings. The summed E-state index contributed by atoms with van der Waals surface area (Å²) in [6, 6.07) is 6.96. The predicted molar refractivity (Wildman–Crippen MR) is 101 cm³/mol. The molecule has 0 aromatic heterocycles. The lowest BCUT2D eigenvalue weighted by Gasteiger charge is -2.20. The van der Waals surface area contributed by atoms with Crippen LogP contribution in [0.15, 0.2) is 24.8 Å². The summed E-state index contributed by atoms with van der Waals surface area (Å²) in [5.41, 5.74) is 0.905. The lowest BCUT2D eigenvalue weighted by Crippen LogP contribution is -2.36. The molecule has 0 saturated heterocycles. The molecule has 0 heterocycles. The maximum atomic E-state index is 12.4. The summed E-state index contributed by atoms with van der Waals surface area (Å²) in [6.45, 7) is 3.55. The van der Waals surface area contributed by atoms with Gasteiger partial charge in [-0.2, -0.15) is 10.5 Å². The topological polar surface area (TPSA) is 113 Å². The van der Waals surface area contributed by atoms with E-state index in [-0.39, 0.29) is 31.5 Å². The molecule has 0 saturated carbocycles. The fourth-order valence-electron chi connectivity index (χ4n) is 2.50. The molecule has 28 heavy (non-hydrogen) atoms. The lowest BCUT2D eigenvalue weighted by molar-refractivity contribution is -0.134. The molecule has 0 aliphatic rings. The molecule has 0 aliphatic heterocycles. The van der Waals surface area contributed by atoms with E-state index in [1.807, 2.05) is 12.1 Å². The zero-order valence-corrected chi connectivity index (χ0v) is 16.1. The number of amides is 1. The Morgan fingerprint density at radius 2 is 1.79 bits per heavy atom. The van der Waals surface area contributed by atoms with Gasteiger partial charge in [-0.15, -0.1) is 6.58 Å². The van der Waals surface area contributed by atoms with Gasteiger partial charge < -0.3 is 19.1 Å². The highest BCUT2D eigenvalue weighted by molar-refractivity contribution is 5.92. The van der Waals surface area contributed by atoms with Gasteiger partial charge in [-0.1, -0.05) is 6.08 Å². The first-order valence-corrected chi connectivity index (χ1v) is 8.56. The Morgan fingerprint density at radius 3 is 2.29 bits per heavy atom. The van der Waals surface area contributed by atoms with Gasteiger partial charge >= 0.3 is 5.97 Å². The Kier molecular flexibility index (Phi) is 9.63. The fourth-order valence-corrected chi connectivity index (χ4v) is 2.50. The number of rotatable bonds is 11. The van der Waals surface area contributed by atoms with E-state index in [9.17, 15) is 9.59 Å². The van der Waals surface area contributed by atoms with Crippen LogP contribution in [0.5, 0.6) is 11.5 Å². The third-order valence-electron chi connectivity index (χ3n) is 3.82. The number of allylic oxidation sites excluding steroid dienone is 1. The molecule has 0 atom stereocenters. The Labute approximate surface area is 164 Å². The van der Waals surface area contributed by atoms with Crippen LogP contribution in [-0.2, 0) is 16.0 Å². The number of ether oxygens (including phenoxy) is 3. The zero-order chi connectivity index (χ0) is 20.9. The van der Waals surface area contributed by atoms with Crippen molar-refractivity contribution in [3.05, 3.63) is 35.9 Å². The van der Waals surface area contributed by atoms with Gasteiger partial charge in [0.1, 0.15) is 0 Å². The van der Waals surface area contributed by atoms with Crippen molar-refractivity contribution < 1.29 is 23.8 Å². The van der Waals surface area contributed by atoms with E-state index < -0.39 is 18.5 Å². The van der Waals surface area contributed by atoms with Crippen molar-refractivity contribution in [2.75, 3.05) is 33.9 Å². The molecule has 148 valence electrons. The summed E-state index contributed by atoms with van der Waals surface area (Å²) in [5.74, 6) is -0.301. The van der Waals surface area contributed by atoms with Crippen molar-refractivity contribution in [1.29, 1.82) is 10.5 Å². The monoisotopic (exact) mass is 385 g/mol. The minimum absolute atomic E-state index is 0.131. The van der Waals surface area contributed by atoms with Crippen LogP contribution >= 0.6 is 0 Å². The first-order valence-electron chi connectivity index (χ1n) is 8.56. The van der Waals surface area contributed by atoms with Crippen molar-refractivity contribution in [2.24, 2.45) is 0 Å². The van der Waals surface area contributed by atoms with Crippen LogP contribution in [0.25, 0.3) is 0 Å². The summed E-state index contributed by atoms with van der Waals surface area (Å²) in [5, 5.41) is 17.4. The minimum atomic E-state index is -0.694. The van der Waals surface area contributed by atoms with Gasteiger partial charge in [0.15, 0.2) is 18.1 Å². The van der Waals surface area contributed by atoms with E-state index in [2.05, 4.69) is 6.58 Å². The summed E-state index contributed by atoms with van der Waals surface area (Å²) in [4.78, 5) is 26.0. The first-order chi connectivity index (χ1) is 13.5. The van der Waals surface area contributed by atoms with Crippen LogP contribution in [0.3, 0.4) is 0 Å². The second-order valence-corrected chi connectivity index (χ2v) is 5.64. The largest absolute Gasteiger partial charge is 0.493 e. The second-order valence-electron chi connectivity index (χ2n) is 5.64. The van der Waals surface area contributed by atoms with E-state index in [1.54, 1.807) is 12.1 Å². The highest BCUT2D eigenvalue weighted by Crippen LogP contribution is 2.33. The molecule has 1 amide bonds. The average molecular weight is 385 g/mol. The van der Waals surface area contributed by atoms with Gasteiger partial charge in [0, 0.05) is 18.7 Å². The van der Waals surface area contributed by atoms with Crippen molar-refractivity contribution in [3.8, 4) is 23.6 Å². The van der Waals surface area contributed by atoms with Crippen molar-refractivity contribution in [1.82, 2.24) is 4.90 Å². The number of carbonyl (C=O) groups excluding carboxylic acids is 2. The molecule has 8 heteroatoms. The Hall–Kier alpha value is -3.52. The number of hydrogen-bond donors (Lipinski definition) is 0. The van der Waals surface area contributed by atoms with Crippen LogP contribution < -0.4 is 9.47 Å². The zero-order valence-electron chi connectivity index (χ0n) is 16.1. The molecule has 1 rings (SSSR count). The number of carbonyl (C=O) groups is 2. The van der Waals surface area contributed by atoms with Crippen molar-refractivity contribution >= 4 is 11.9 Å². The molecule has 0 aliphatic carbocycles. The molecular formula is C20H23N3O5. The van der Waals surface area contributed by atoms with Crippen LogP contribution in [0.1, 0.15) is 28.8 Å². The van der Waals surface area contributed by atoms with Gasteiger partial charge in [-0.3, -0.25) is 4.79 Å². The fraction of sp³-hybridized carbons (Fsp3) is 0.400. The SMILES string of the molecule is C=CCc1cc(C(=O)OCC(=O)N(CCC#N)CCC#N)cc(OC)c1OC. The van der Waals surface area contributed by atoms with Gasteiger partial charge in [0.05, 0.1) is 44.8 Å². The minimum Gasteiger partial charge on any atom is -0.493 e. The molecule has 0 spiro atoms. The molecule has 0 bridgehead atoms.